The van der Waals surface area contributed by atoms with Crippen molar-refractivity contribution in [2.24, 2.45) is 5.92 Å². The van der Waals surface area contributed by atoms with Gasteiger partial charge in [0.1, 0.15) is 0 Å². The second-order valence-corrected chi connectivity index (χ2v) is 8.47. The van der Waals surface area contributed by atoms with E-state index in [1.165, 1.54) is 41.6 Å². The van der Waals surface area contributed by atoms with Crippen LogP contribution < -0.4 is 5.32 Å². The molecule has 3 rings (SSSR count). The fraction of sp³-hybridized carbons (Fsp3) is 0.750. The molecule has 1 aliphatic carbocycles. The van der Waals surface area contributed by atoms with Gasteiger partial charge in [-0.3, -0.25) is 4.90 Å². The molecule has 2 unspecified atom stereocenters. The monoisotopic (exact) mass is 356 g/mol. The lowest BCUT2D eigenvalue weighted by Crippen LogP contribution is -2.63. The standard InChI is InChI=1S/C16H25BrN2S/c1-3-4-13-9-18-16(2,12-5-6-12)11-19(13)10-15-14(17)7-8-20-15/h7-8,12-13,18H,3-6,9-11H2,1-2H3. The molecule has 1 aromatic heterocycles. The van der Waals surface area contributed by atoms with Crippen LogP contribution in [0.3, 0.4) is 0 Å². The predicted molar refractivity (Wildman–Crippen MR) is 90.3 cm³/mol. The van der Waals surface area contributed by atoms with Gasteiger partial charge in [0.15, 0.2) is 0 Å². The summed E-state index contributed by atoms with van der Waals surface area (Å²) in [5, 5.41) is 6.06. The van der Waals surface area contributed by atoms with Gasteiger partial charge in [0, 0.05) is 40.6 Å². The maximum absolute atomic E-state index is 3.87. The summed E-state index contributed by atoms with van der Waals surface area (Å²) < 4.78 is 1.28. The highest BCUT2D eigenvalue weighted by Gasteiger charge is 2.45. The molecule has 2 aliphatic rings. The van der Waals surface area contributed by atoms with Crippen LogP contribution >= 0.6 is 27.3 Å². The van der Waals surface area contributed by atoms with Gasteiger partial charge in [-0.25, -0.2) is 0 Å². The molecule has 2 fully saturated rings. The van der Waals surface area contributed by atoms with E-state index in [4.69, 9.17) is 0 Å². The molecule has 112 valence electrons. The van der Waals surface area contributed by atoms with Gasteiger partial charge in [-0.15, -0.1) is 11.3 Å². The van der Waals surface area contributed by atoms with Gasteiger partial charge in [0.05, 0.1) is 0 Å². The Hall–Kier alpha value is 0.100. The highest BCUT2D eigenvalue weighted by atomic mass is 79.9. The summed E-state index contributed by atoms with van der Waals surface area (Å²) in [5.74, 6) is 0.902. The van der Waals surface area contributed by atoms with E-state index in [1.807, 2.05) is 11.3 Å². The molecule has 1 saturated carbocycles. The molecule has 1 aromatic rings. The Morgan fingerprint density at radius 1 is 1.50 bits per heavy atom. The predicted octanol–water partition coefficient (Wildman–Crippen LogP) is 4.25. The number of nitrogens with one attached hydrogen (secondary N) is 1. The Bertz CT molecular complexity index is 457. The molecule has 2 heterocycles. The minimum absolute atomic E-state index is 0.341. The van der Waals surface area contributed by atoms with E-state index in [9.17, 15) is 0 Å². The molecule has 2 nitrogen and oxygen atoms in total. The van der Waals surface area contributed by atoms with E-state index < -0.39 is 0 Å². The van der Waals surface area contributed by atoms with Gasteiger partial charge in [-0.2, -0.15) is 0 Å². The highest BCUT2D eigenvalue weighted by molar-refractivity contribution is 9.10. The molecule has 0 bridgehead atoms. The van der Waals surface area contributed by atoms with E-state index in [1.54, 1.807) is 0 Å². The van der Waals surface area contributed by atoms with Crippen LogP contribution in [0.25, 0.3) is 0 Å². The van der Waals surface area contributed by atoms with Crippen molar-refractivity contribution in [1.29, 1.82) is 0 Å². The van der Waals surface area contributed by atoms with Gasteiger partial charge in [0.25, 0.3) is 0 Å². The summed E-state index contributed by atoms with van der Waals surface area (Å²) in [5.41, 5.74) is 0.341. The quantitative estimate of drug-likeness (QED) is 0.847. The van der Waals surface area contributed by atoms with Crippen molar-refractivity contribution in [1.82, 2.24) is 10.2 Å². The summed E-state index contributed by atoms with van der Waals surface area (Å²) in [6.45, 7) is 8.20. The molecule has 2 atom stereocenters. The van der Waals surface area contributed by atoms with Crippen molar-refractivity contribution in [3.05, 3.63) is 20.8 Å². The van der Waals surface area contributed by atoms with Crippen molar-refractivity contribution in [2.75, 3.05) is 13.1 Å². The van der Waals surface area contributed by atoms with Crippen LogP contribution in [0.5, 0.6) is 0 Å². The molecule has 0 aromatic carbocycles. The SMILES string of the molecule is CCCC1CNC(C)(C2CC2)CN1Cc1sccc1Br. The Balaban J connectivity index is 1.73. The molecule has 0 radical (unpaired) electrons. The first-order chi connectivity index (χ1) is 9.62. The van der Waals surface area contributed by atoms with Crippen molar-refractivity contribution in [3.63, 3.8) is 0 Å². The third-order valence-electron chi connectivity index (χ3n) is 4.93. The average Bonchev–Trinajstić information content (AvgIpc) is 3.20. The van der Waals surface area contributed by atoms with E-state index in [0.717, 1.165) is 19.0 Å². The maximum atomic E-state index is 3.87. The first kappa shape index (κ1) is 15.0. The summed E-state index contributed by atoms with van der Waals surface area (Å²) in [6.07, 6.45) is 5.41. The second-order valence-electron chi connectivity index (χ2n) is 6.61. The lowest BCUT2D eigenvalue weighted by atomic mass is 9.90. The summed E-state index contributed by atoms with van der Waals surface area (Å²) in [6, 6.07) is 2.87. The third-order valence-corrected chi connectivity index (χ3v) is 6.84. The second kappa shape index (κ2) is 6.07. The van der Waals surface area contributed by atoms with E-state index >= 15 is 0 Å². The normalized spacial score (nSPS) is 31.6. The van der Waals surface area contributed by atoms with Gasteiger partial charge < -0.3 is 5.32 Å². The largest absolute Gasteiger partial charge is 0.308 e. The lowest BCUT2D eigenvalue weighted by molar-refractivity contribution is 0.0645. The minimum Gasteiger partial charge on any atom is -0.308 e. The van der Waals surface area contributed by atoms with Crippen LogP contribution in [0.1, 0.15) is 44.4 Å². The fourth-order valence-electron chi connectivity index (χ4n) is 3.51. The first-order valence-corrected chi connectivity index (χ1v) is 9.50. The summed E-state index contributed by atoms with van der Waals surface area (Å²) in [4.78, 5) is 4.21. The van der Waals surface area contributed by atoms with Crippen LogP contribution in [0, 0.1) is 5.92 Å². The third kappa shape index (κ3) is 3.13. The zero-order valence-corrected chi connectivity index (χ0v) is 14.9. The minimum atomic E-state index is 0.341. The number of thiophene rings is 1. The Kier molecular flexibility index (Phi) is 4.56. The number of nitrogens with zero attached hydrogens (tertiary/aromatic N) is 1. The molecule has 0 spiro atoms. The summed E-state index contributed by atoms with van der Waals surface area (Å²) in [7, 11) is 0. The van der Waals surface area contributed by atoms with Crippen molar-refractivity contribution in [3.8, 4) is 0 Å². The van der Waals surface area contributed by atoms with Crippen LogP contribution in [-0.2, 0) is 6.54 Å². The van der Waals surface area contributed by atoms with Crippen LogP contribution in [0.15, 0.2) is 15.9 Å². The van der Waals surface area contributed by atoms with Gasteiger partial charge in [0.2, 0.25) is 0 Å². The number of rotatable bonds is 5. The zero-order valence-electron chi connectivity index (χ0n) is 12.5. The Morgan fingerprint density at radius 3 is 2.90 bits per heavy atom. The van der Waals surface area contributed by atoms with E-state index in [-0.39, 0.29) is 0 Å². The first-order valence-electron chi connectivity index (χ1n) is 7.83. The van der Waals surface area contributed by atoms with Crippen molar-refractivity contribution < 1.29 is 0 Å². The number of piperazine rings is 1. The smallest absolute Gasteiger partial charge is 0.0343 e. The van der Waals surface area contributed by atoms with Gasteiger partial charge in [-0.05, 0) is 59.5 Å². The van der Waals surface area contributed by atoms with Crippen LogP contribution in [0.4, 0.5) is 0 Å². The molecule has 20 heavy (non-hydrogen) atoms. The van der Waals surface area contributed by atoms with Gasteiger partial charge >= 0.3 is 0 Å². The Labute approximate surface area is 135 Å². The Morgan fingerprint density at radius 2 is 2.30 bits per heavy atom. The fourth-order valence-corrected chi connectivity index (χ4v) is 5.01. The van der Waals surface area contributed by atoms with Crippen LogP contribution in [-0.4, -0.2) is 29.6 Å². The molecule has 1 aliphatic heterocycles. The molecule has 1 N–H and O–H groups in total. The van der Waals surface area contributed by atoms with Crippen LogP contribution in [0.2, 0.25) is 0 Å². The van der Waals surface area contributed by atoms with Crippen molar-refractivity contribution >= 4 is 27.3 Å². The zero-order chi connectivity index (χ0) is 14.2. The highest BCUT2D eigenvalue weighted by Crippen LogP contribution is 2.42. The topological polar surface area (TPSA) is 15.3 Å². The average molecular weight is 357 g/mol. The molecule has 4 heteroatoms. The molecule has 0 amide bonds. The number of hydrogen-bond acceptors (Lipinski definition) is 3. The lowest BCUT2D eigenvalue weighted by Gasteiger charge is -2.46. The molecular weight excluding hydrogens is 332 g/mol. The molecule has 1 saturated heterocycles. The van der Waals surface area contributed by atoms with Gasteiger partial charge in [-0.1, -0.05) is 13.3 Å². The van der Waals surface area contributed by atoms with Crippen molar-refractivity contribution in [2.45, 2.75) is 57.7 Å². The van der Waals surface area contributed by atoms with E-state index in [0.29, 0.717) is 11.6 Å². The summed E-state index contributed by atoms with van der Waals surface area (Å²) >= 11 is 5.57. The number of hydrogen-bond donors (Lipinski definition) is 1. The van der Waals surface area contributed by atoms with E-state index in [2.05, 4.69) is 51.4 Å². The molecular formula is C16H25BrN2S. The maximum Gasteiger partial charge on any atom is 0.0343 e. The number of halogens is 1.